The monoisotopic (exact) mass is 506 g/mol. The molecule has 2 heterocycles. The molecule has 2 amide bonds. The Morgan fingerprint density at radius 2 is 1.56 bits per heavy atom. The molecule has 0 N–H and O–H groups in total. The maximum Gasteiger partial charge on any atom is 0.417 e. The van der Waals surface area contributed by atoms with Gasteiger partial charge in [-0.15, -0.1) is 0 Å². The molecule has 9 heteroatoms. The third kappa shape index (κ3) is 6.17. The van der Waals surface area contributed by atoms with Crippen molar-refractivity contribution in [2.75, 3.05) is 32.8 Å². The highest BCUT2D eigenvalue weighted by Crippen LogP contribution is 2.38. The van der Waals surface area contributed by atoms with E-state index in [4.69, 9.17) is 4.74 Å². The fourth-order valence-corrected chi connectivity index (χ4v) is 5.12. The summed E-state index contributed by atoms with van der Waals surface area (Å²) < 4.78 is 60.0. The van der Waals surface area contributed by atoms with Crippen LogP contribution in [0.4, 0.5) is 17.6 Å². The lowest BCUT2D eigenvalue weighted by Crippen LogP contribution is -2.51. The van der Waals surface area contributed by atoms with Crippen LogP contribution in [0.5, 0.6) is 5.75 Å². The Labute approximate surface area is 208 Å². The molecule has 0 spiro atoms. The number of carbonyl (C=O) groups excluding carboxylic acids is 2. The second kappa shape index (κ2) is 10.9. The minimum absolute atomic E-state index is 0.0394. The number of rotatable bonds is 6. The number of halogens is 4. The molecule has 0 saturated carbocycles. The molecule has 194 valence electrons. The van der Waals surface area contributed by atoms with E-state index in [0.717, 1.165) is 25.3 Å². The SMILES string of the molecule is O=C(C[C@@]1(COc2ccc(F)cc2)CCCN(C(=O)c2ccccc2C(F)(F)F)C1)N1CCCCC1. The van der Waals surface area contributed by atoms with Crippen LogP contribution in [0, 0.1) is 11.2 Å². The summed E-state index contributed by atoms with van der Waals surface area (Å²) in [5, 5.41) is 0. The van der Waals surface area contributed by atoms with Crippen molar-refractivity contribution in [3.8, 4) is 5.75 Å². The van der Waals surface area contributed by atoms with Gasteiger partial charge < -0.3 is 14.5 Å². The van der Waals surface area contributed by atoms with Gasteiger partial charge in [0.2, 0.25) is 5.91 Å². The zero-order valence-corrected chi connectivity index (χ0v) is 20.0. The van der Waals surface area contributed by atoms with Crippen molar-refractivity contribution in [1.29, 1.82) is 0 Å². The molecule has 0 radical (unpaired) electrons. The smallest absolute Gasteiger partial charge is 0.417 e. The zero-order valence-electron chi connectivity index (χ0n) is 20.0. The van der Waals surface area contributed by atoms with E-state index in [1.807, 2.05) is 4.90 Å². The van der Waals surface area contributed by atoms with Crippen LogP contribution in [0.1, 0.15) is 54.4 Å². The van der Waals surface area contributed by atoms with Gasteiger partial charge in [-0.3, -0.25) is 9.59 Å². The van der Waals surface area contributed by atoms with Crippen LogP contribution in [-0.2, 0) is 11.0 Å². The normalized spacial score (nSPS) is 20.8. The number of carbonyl (C=O) groups is 2. The van der Waals surface area contributed by atoms with E-state index in [1.54, 1.807) is 0 Å². The molecule has 5 nitrogen and oxygen atoms in total. The van der Waals surface area contributed by atoms with E-state index < -0.39 is 34.4 Å². The van der Waals surface area contributed by atoms with Gasteiger partial charge >= 0.3 is 6.18 Å². The summed E-state index contributed by atoms with van der Waals surface area (Å²) in [6.07, 6.45) is -0.483. The van der Waals surface area contributed by atoms with Gasteiger partial charge in [0.15, 0.2) is 0 Å². The molecule has 4 rings (SSSR count). The second-order valence-corrected chi connectivity index (χ2v) is 9.73. The maximum absolute atomic E-state index is 13.6. The fourth-order valence-electron chi connectivity index (χ4n) is 5.12. The second-order valence-electron chi connectivity index (χ2n) is 9.73. The molecule has 0 aromatic heterocycles. The molecule has 2 aromatic rings. The quantitative estimate of drug-likeness (QED) is 0.483. The number of amides is 2. The number of hydrogen-bond donors (Lipinski definition) is 0. The van der Waals surface area contributed by atoms with Gasteiger partial charge in [0.05, 0.1) is 17.7 Å². The number of hydrogen-bond acceptors (Lipinski definition) is 3. The Balaban J connectivity index is 1.57. The Morgan fingerprint density at radius 1 is 0.889 bits per heavy atom. The predicted octanol–water partition coefficient (Wildman–Crippen LogP) is 5.55. The van der Waals surface area contributed by atoms with E-state index in [0.29, 0.717) is 38.2 Å². The minimum atomic E-state index is -4.66. The van der Waals surface area contributed by atoms with E-state index in [9.17, 15) is 27.2 Å². The standard InChI is InChI=1S/C27H30F4N2O3/c28-20-9-11-21(12-10-20)36-19-26(17-24(34)32-14-4-1-5-15-32)13-6-16-33(18-26)25(35)22-7-2-3-8-23(22)27(29,30)31/h2-3,7-12H,1,4-6,13-19H2/t26-/m0/s1. The predicted molar refractivity (Wildman–Crippen MR) is 126 cm³/mol. The van der Waals surface area contributed by atoms with Gasteiger partial charge in [-0.05, 0) is 68.5 Å². The average molecular weight is 507 g/mol. The molecule has 0 unspecified atom stereocenters. The first-order valence-electron chi connectivity index (χ1n) is 12.3. The summed E-state index contributed by atoms with van der Waals surface area (Å²) in [5.41, 5.74) is -2.15. The lowest BCUT2D eigenvalue weighted by atomic mass is 9.77. The van der Waals surface area contributed by atoms with Gasteiger partial charge in [0.25, 0.3) is 5.91 Å². The summed E-state index contributed by atoms with van der Waals surface area (Å²) >= 11 is 0. The fraction of sp³-hybridized carbons (Fsp3) is 0.481. The third-order valence-electron chi connectivity index (χ3n) is 7.01. The van der Waals surface area contributed by atoms with Gasteiger partial charge in [-0.1, -0.05) is 12.1 Å². The molecular weight excluding hydrogens is 476 g/mol. The molecule has 2 aromatic carbocycles. The Kier molecular flexibility index (Phi) is 7.85. The van der Waals surface area contributed by atoms with E-state index in [2.05, 4.69) is 0 Å². The molecule has 36 heavy (non-hydrogen) atoms. The molecule has 1 atom stereocenters. The lowest BCUT2D eigenvalue weighted by molar-refractivity contribution is -0.138. The van der Waals surface area contributed by atoms with Crippen molar-refractivity contribution in [2.45, 2.75) is 44.7 Å². The first-order valence-corrected chi connectivity index (χ1v) is 12.3. The van der Waals surface area contributed by atoms with Gasteiger partial charge in [-0.25, -0.2) is 4.39 Å². The Morgan fingerprint density at radius 3 is 2.25 bits per heavy atom. The third-order valence-corrected chi connectivity index (χ3v) is 7.01. The van der Waals surface area contributed by atoms with Crippen LogP contribution < -0.4 is 4.74 Å². The summed E-state index contributed by atoms with van der Waals surface area (Å²) in [6, 6.07) is 10.3. The zero-order chi connectivity index (χ0) is 25.8. The number of ether oxygens (including phenoxy) is 1. The summed E-state index contributed by atoms with van der Waals surface area (Å²) in [7, 11) is 0. The molecule has 2 saturated heterocycles. The number of likely N-dealkylation sites (tertiary alicyclic amines) is 2. The van der Waals surface area contributed by atoms with Crippen LogP contribution in [0.25, 0.3) is 0 Å². The average Bonchev–Trinajstić information content (AvgIpc) is 2.88. The highest BCUT2D eigenvalue weighted by atomic mass is 19.4. The highest BCUT2D eigenvalue weighted by molar-refractivity contribution is 5.96. The first-order chi connectivity index (χ1) is 17.2. The van der Waals surface area contributed by atoms with Crippen molar-refractivity contribution < 1.29 is 31.9 Å². The van der Waals surface area contributed by atoms with Crippen LogP contribution >= 0.6 is 0 Å². The summed E-state index contributed by atoms with van der Waals surface area (Å²) in [5.74, 6) is -0.733. The molecular formula is C27H30F4N2O3. The number of benzene rings is 2. The largest absolute Gasteiger partial charge is 0.493 e. The topological polar surface area (TPSA) is 49.9 Å². The van der Waals surface area contributed by atoms with Crippen molar-refractivity contribution in [2.24, 2.45) is 5.41 Å². The number of alkyl halides is 3. The van der Waals surface area contributed by atoms with Gasteiger partial charge in [-0.2, -0.15) is 13.2 Å². The van der Waals surface area contributed by atoms with Crippen molar-refractivity contribution in [1.82, 2.24) is 9.80 Å². The summed E-state index contributed by atoms with van der Waals surface area (Å²) in [4.78, 5) is 29.8. The number of nitrogens with zero attached hydrogens (tertiary/aromatic N) is 2. The van der Waals surface area contributed by atoms with E-state index in [1.165, 1.54) is 47.4 Å². The molecule has 0 bridgehead atoms. The van der Waals surface area contributed by atoms with Gasteiger partial charge in [0, 0.05) is 38.0 Å². The van der Waals surface area contributed by atoms with Crippen LogP contribution in [0.2, 0.25) is 0 Å². The molecule has 2 aliphatic rings. The highest BCUT2D eigenvalue weighted by Gasteiger charge is 2.43. The van der Waals surface area contributed by atoms with Gasteiger partial charge in [0.1, 0.15) is 11.6 Å². The van der Waals surface area contributed by atoms with E-state index in [-0.39, 0.29) is 25.5 Å². The van der Waals surface area contributed by atoms with Crippen LogP contribution in [0.15, 0.2) is 48.5 Å². The van der Waals surface area contributed by atoms with Crippen molar-refractivity contribution >= 4 is 11.8 Å². The minimum Gasteiger partial charge on any atom is -0.493 e. The molecule has 0 aliphatic carbocycles. The Bertz CT molecular complexity index is 1070. The van der Waals surface area contributed by atoms with Crippen LogP contribution in [-0.4, -0.2) is 54.4 Å². The Hall–Kier alpha value is -3.10. The lowest BCUT2D eigenvalue weighted by Gasteiger charge is -2.43. The maximum atomic E-state index is 13.6. The van der Waals surface area contributed by atoms with Crippen molar-refractivity contribution in [3.05, 3.63) is 65.5 Å². The molecule has 2 fully saturated rings. The van der Waals surface area contributed by atoms with Crippen LogP contribution in [0.3, 0.4) is 0 Å². The molecule has 2 aliphatic heterocycles. The van der Waals surface area contributed by atoms with E-state index >= 15 is 0 Å². The van der Waals surface area contributed by atoms with Crippen molar-refractivity contribution in [3.63, 3.8) is 0 Å². The first kappa shape index (κ1) is 26.0. The number of piperidine rings is 2. The summed E-state index contributed by atoms with van der Waals surface area (Å²) in [6.45, 7) is 1.83.